The number of carbonyl (C=O) groups is 1. The van der Waals surface area contributed by atoms with E-state index in [9.17, 15) is 9.90 Å². The molecule has 0 amide bonds. The predicted molar refractivity (Wildman–Crippen MR) is 58.6 cm³/mol. The number of hydrogen-bond donors (Lipinski definition) is 2. The minimum Gasteiger partial charge on any atom is -0.507 e. The van der Waals surface area contributed by atoms with E-state index in [1.807, 2.05) is 0 Å². The summed E-state index contributed by atoms with van der Waals surface area (Å²) < 4.78 is 9.90. The second-order valence-corrected chi connectivity index (χ2v) is 3.13. The van der Waals surface area contributed by atoms with Crippen molar-refractivity contribution in [3.8, 4) is 11.5 Å². The van der Waals surface area contributed by atoms with Crippen LogP contribution in [0.1, 0.15) is 16.8 Å². The third-order valence-electron chi connectivity index (χ3n) is 2.00. The van der Waals surface area contributed by atoms with Crippen LogP contribution >= 0.6 is 0 Å². The number of ether oxygens (including phenoxy) is 2. The molecule has 0 saturated carbocycles. The molecule has 0 radical (unpaired) electrons. The topological polar surface area (TPSA) is 81.8 Å². The number of nitrogens with two attached hydrogens (primary N) is 1. The molecule has 88 valence electrons. The number of esters is 1. The average molecular weight is 225 g/mol. The molecule has 0 fully saturated rings. The van der Waals surface area contributed by atoms with E-state index in [0.29, 0.717) is 25.3 Å². The first-order chi connectivity index (χ1) is 7.70. The zero-order chi connectivity index (χ0) is 12.0. The first kappa shape index (κ1) is 12.3. The Morgan fingerprint density at radius 1 is 1.50 bits per heavy atom. The first-order valence-corrected chi connectivity index (χ1v) is 4.94. The third-order valence-corrected chi connectivity index (χ3v) is 2.00. The number of phenolic OH excluding ortho intramolecular Hbond substituents is 1. The van der Waals surface area contributed by atoms with Crippen molar-refractivity contribution in [3.05, 3.63) is 23.8 Å². The summed E-state index contributed by atoms with van der Waals surface area (Å²) in [5.74, 6) is -0.474. The van der Waals surface area contributed by atoms with E-state index in [-0.39, 0.29) is 11.3 Å². The molecule has 1 aromatic rings. The maximum absolute atomic E-state index is 11.4. The normalized spacial score (nSPS) is 9.88. The van der Waals surface area contributed by atoms with Gasteiger partial charge in [-0.2, -0.15) is 0 Å². The summed E-state index contributed by atoms with van der Waals surface area (Å²) in [6.45, 7) is 0.899. The maximum Gasteiger partial charge on any atom is 0.345 e. The van der Waals surface area contributed by atoms with Crippen LogP contribution in [-0.2, 0) is 4.74 Å². The number of aromatic hydroxyl groups is 1. The Bertz CT molecular complexity index is 365. The van der Waals surface area contributed by atoms with Gasteiger partial charge in [0.2, 0.25) is 0 Å². The highest BCUT2D eigenvalue weighted by Gasteiger charge is 2.17. The number of hydrogen-bond acceptors (Lipinski definition) is 5. The summed E-state index contributed by atoms with van der Waals surface area (Å²) >= 11 is 0. The fraction of sp³-hybridized carbons (Fsp3) is 0.364. The fourth-order valence-corrected chi connectivity index (χ4v) is 1.21. The van der Waals surface area contributed by atoms with Gasteiger partial charge in [-0.3, -0.25) is 0 Å². The molecule has 1 rings (SSSR count). The lowest BCUT2D eigenvalue weighted by Gasteiger charge is -2.10. The van der Waals surface area contributed by atoms with E-state index >= 15 is 0 Å². The number of benzene rings is 1. The van der Waals surface area contributed by atoms with E-state index in [2.05, 4.69) is 4.74 Å². The van der Waals surface area contributed by atoms with Gasteiger partial charge < -0.3 is 20.3 Å². The van der Waals surface area contributed by atoms with Crippen molar-refractivity contribution in [1.29, 1.82) is 0 Å². The van der Waals surface area contributed by atoms with Gasteiger partial charge in [-0.05, 0) is 25.1 Å². The highest BCUT2D eigenvalue weighted by Crippen LogP contribution is 2.28. The van der Waals surface area contributed by atoms with Crippen LogP contribution in [0.3, 0.4) is 0 Å². The number of phenols is 1. The molecular weight excluding hydrogens is 210 g/mol. The van der Waals surface area contributed by atoms with Crippen LogP contribution in [-0.4, -0.2) is 31.3 Å². The van der Waals surface area contributed by atoms with Gasteiger partial charge in [-0.1, -0.05) is 6.07 Å². The van der Waals surface area contributed by atoms with Gasteiger partial charge in [0.25, 0.3) is 0 Å². The summed E-state index contributed by atoms with van der Waals surface area (Å²) in [7, 11) is 1.25. The highest BCUT2D eigenvalue weighted by molar-refractivity contribution is 5.95. The zero-order valence-electron chi connectivity index (χ0n) is 9.10. The zero-order valence-corrected chi connectivity index (χ0v) is 9.10. The van der Waals surface area contributed by atoms with Gasteiger partial charge in [0, 0.05) is 0 Å². The van der Waals surface area contributed by atoms with Crippen LogP contribution in [0.25, 0.3) is 0 Å². The number of rotatable bonds is 5. The minimum absolute atomic E-state index is 0.0435. The van der Waals surface area contributed by atoms with Crippen LogP contribution in [0.2, 0.25) is 0 Å². The number of carbonyl (C=O) groups excluding carboxylic acids is 1. The van der Waals surface area contributed by atoms with E-state index in [1.54, 1.807) is 12.1 Å². The SMILES string of the molecule is COC(=O)c1c(O)cccc1OCCCN. The molecule has 0 bridgehead atoms. The molecule has 0 atom stereocenters. The molecule has 0 unspecified atom stereocenters. The minimum atomic E-state index is -0.624. The largest absolute Gasteiger partial charge is 0.507 e. The Kier molecular flexibility index (Phi) is 4.60. The second kappa shape index (κ2) is 5.97. The van der Waals surface area contributed by atoms with E-state index in [0.717, 1.165) is 0 Å². The lowest BCUT2D eigenvalue weighted by Crippen LogP contribution is -2.09. The number of methoxy groups -OCH3 is 1. The van der Waals surface area contributed by atoms with Crippen molar-refractivity contribution < 1.29 is 19.4 Å². The molecule has 0 aliphatic rings. The smallest absolute Gasteiger partial charge is 0.345 e. The molecule has 1 aromatic carbocycles. The third kappa shape index (κ3) is 2.87. The molecule has 0 saturated heterocycles. The first-order valence-electron chi connectivity index (χ1n) is 4.94. The van der Waals surface area contributed by atoms with Crippen molar-refractivity contribution in [2.24, 2.45) is 5.73 Å². The molecule has 5 heteroatoms. The van der Waals surface area contributed by atoms with Gasteiger partial charge in [-0.25, -0.2) is 4.79 Å². The Hall–Kier alpha value is -1.75. The molecule has 3 N–H and O–H groups in total. The Labute approximate surface area is 93.8 Å². The van der Waals surface area contributed by atoms with Gasteiger partial charge in [0.05, 0.1) is 13.7 Å². The summed E-state index contributed by atoms with van der Waals surface area (Å²) in [5, 5.41) is 9.54. The van der Waals surface area contributed by atoms with E-state index < -0.39 is 5.97 Å². The van der Waals surface area contributed by atoms with Crippen LogP contribution in [0.15, 0.2) is 18.2 Å². The summed E-state index contributed by atoms with van der Waals surface area (Å²) in [6.07, 6.45) is 0.677. The fourth-order valence-electron chi connectivity index (χ4n) is 1.21. The van der Waals surface area contributed by atoms with Crippen molar-refractivity contribution in [2.75, 3.05) is 20.3 Å². The maximum atomic E-state index is 11.4. The summed E-state index contributed by atoms with van der Waals surface area (Å²) in [4.78, 5) is 11.4. The lowest BCUT2D eigenvalue weighted by atomic mass is 10.2. The van der Waals surface area contributed by atoms with Crippen molar-refractivity contribution in [3.63, 3.8) is 0 Å². The van der Waals surface area contributed by atoms with Crippen molar-refractivity contribution in [1.82, 2.24) is 0 Å². The van der Waals surface area contributed by atoms with Crippen molar-refractivity contribution in [2.45, 2.75) is 6.42 Å². The van der Waals surface area contributed by atoms with Gasteiger partial charge in [0.1, 0.15) is 17.1 Å². The van der Waals surface area contributed by atoms with Crippen LogP contribution in [0.4, 0.5) is 0 Å². The second-order valence-electron chi connectivity index (χ2n) is 3.13. The van der Waals surface area contributed by atoms with Gasteiger partial charge >= 0.3 is 5.97 Å². The summed E-state index contributed by atoms with van der Waals surface area (Å²) in [6, 6.07) is 4.60. The Morgan fingerprint density at radius 2 is 2.25 bits per heavy atom. The van der Waals surface area contributed by atoms with Crippen LogP contribution < -0.4 is 10.5 Å². The summed E-state index contributed by atoms with van der Waals surface area (Å²) in [5.41, 5.74) is 5.37. The monoisotopic (exact) mass is 225 g/mol. The molecule has 0 spiro atoms. The molecule has 0 aromatic heterocycles. The molecule has 16 heavy (non-hydrogen) atoms. The van der Waals surface area contributed by atoms with Crippen molar-refractivity contribution >= 4 is 5.97 Å². The quantitative estimate of drug-likeness (QED) is 0.575. The Balaban J connectivity index is 2.89. The molecule has 0 aliphatic heterocycles. The highest BCUT2D eigenvalue weighted by atomic mass is 16.5. The molecule has 5 nitrogen and oxygen atoms in total. The van der Waals surface area contributed by atoms with E-state index in [1.165, 1.54) is 13.2 Å². The van der Waals surface area contributed by atoms with Gasteiger partial charge in [0.15, 0.2) is 0 Å². The van der Waals surface area contributed by atoms with Crippen LogP contribution in [0.5, 0.6) is 11.5 Å². The molecular formula is C11H15NO4. The predicted octanol–water partition coefficient (Wildman–Crippen LogP) is 0.906. The average Bonchev–Trinajstić information content (AvgIpc) is 2.29. The standard InChI is InChI=1S/C11H15NO4/c1-15-11(14)10-8(13)4-2-5-9(10)16-7-3-6-12/h2,4-5,13H,3,6-7,12H2,1H3. The van der Waals surface area contributed by atoms with Crippen LogP contribution in [0, 0.1) is 0 Å². The molecule has 0 heterocycles. The van der Waals surface area contributed by atoms with E-state index in [4.69, 9.17) is 10.5 Å². The Morgan fingerprint density at radius 3 is 2.88 bits per heavy atom. The molecule has 0 aliphatic carbocycles. The lowest BCUT2D eigenvalue weighted by molar-refractivity contribution is 0.0592. The van der Waals surface area contributed by atoms with Gasteiger partial charge in [-0.15, -0.1) is 0 Å².